The molecule has 0 radical (unpaired) electrons. The lowest BCUT2D eigenvalue weighted by atomic mass is 9.88. The van der Waals surface area contributed by atoms with Gasteiger partial charge in [0.25, 0.3) is 0 Å². The molecule has 1 aromatic carbocycles. The lowest BCUT2D eigenvalue weighted by Gasteiger charge is -2.20. The molecule has 1 aliphatic rings. The first kappa shape index (κ1) is 13.7. The summed E-state index contributed by atoms with van der Waals surface area (Å²) in [7, 11) is 0. The second-order valence-electron chi connectivity index (χ2n) is 6.75. The van der Waals surface area contributed by atoms with Gasteiger partial charge < -0.3 is 4.57 Å². The Hall–Kier alpha value is -2.75. The van der Waals surface area contributed by atoms with E-state index in [0.29, 0.717) is 5.92 Å². The minimum absolute atomic E-state index is 0.709. The number of nitrogens with zero attached hydrogens (tertiary/aromatic N) is 4. The van der Waals surface area contributed by atoms with Crippen molar-refractivity contribution in [1.82, 2.24) is 19.5 Å². The van der Waals surface area contributed by atoms with E-state index in [9.17, 15) is 0 Å². The van der Waals surface area contributed by atoms with E-state index in [-0.39, 0.29) is 0 Å². The summed E-state index contributed by atoms with van der Waals surface area (Å²) in [6.45, 7) is 2.32. The minimum Gasteiger partial charge on any atom is -0.309 e. The van der Waals surface area contributed by atoms with Crippen molar-refractivity contribution in [3.63, 3.8) is 0 Å². The lowest BCUT2D eigenvalue weighted by molar-refractivity contribution is 0.495. The van der Waals surface area contributed by atoms with Gasteiger partial charge in [0.15, 0.2) is 0 Å². The molecule has 1 unspecified atom stereocenters. The average Bonchev–Trinajstić information content (AvgIpc) is 2.95. The van der Waals surface area contributed by atoms with Gasteiger partial charge in [0.05, 0.1) is 34.6 Å². The Bertz CT molecular complexity index is 1060. The predicted octanol–water partition coefficient (Wildman–Crippen LogP) is 4.09. The third kappa shape index (κ3) is 1.96. The highest BCUT2D eigenvalue weighted by Crippen LogP contribution is 2.35. The Labute approximate surface area is 140 Å². The van der Waals surface area contributed by atoms with Crippen LogP contribution in [-0.2, 0) is 12.8 Å². The highest BCUT2D eigenvalue weighted by molar-refractivity contribution is 5.85. The summed E-state index contributed by atoms with van der Waals surface area (Å²) >= 11 is 0. The van der Waals surface area contributed by atoms with Gasteiger partial charge in [-0.25, -0.2) is 9.97 Å². The molecule has 0 saturated heterocycles. The molecule has 0 N–H and O–H groups in total. The number of rotatable bonds is 1. The molecule has 1 aliphatic carbocycles. The number of hydrogen-bond acceptors (Lipinski definition) is 3. The highest BCUT2D eigenvalue weighted by Gasteiger charge is 2.25. The van der Waals surface area contributed by atoms with Crippen LogP contribution >= 0.6 is 0 Å². The van der Waals surface area contributed by atoms with Gasteiger partial charge in [-0.05, 0) is 37.3 Å². The molecule has 0 saturated carbocycles. The smallest absolute Gasteiger partial charge is 0.116 e. The highest BCUT2D eigenvalue weighted by atomic mass is 15.0. The molecule has 0 spiro atoms. The van der Waals surface area contributed by atoms with Crippen molar-refractivity contribution in [2.75, 3.05) is 0 Å². The molecular formula is C20H18N4. The van der Waals surface area contributed by atoms with E-state index in [1.807, 2.05) is 24.5 Å². The molecule has 0 aliphatic heterocycles. The Morgan fingerprint density at radius 3 is 3.00 bits per heavy atom. The summed E-state index contributed by atoms with van der Waals surface area (Å²) in [6.07, 6.45) is 8.95. The maximum atomic E-state index is 4.65. The fourth-order valence-electron chi connectivity index (χ4n) is 3.92. The first-order valence-electron chi connectivity index (χ1n) is 8.48. The van der Waals surface area contributed by atoms with Crippen molar-refractivity contribution in [3.8, 4) is 5.69 Å². The second-order valence-corrected chi connectivity index (χ2v) is 6.75. The van der Waals surface area contributed by atoms with Gasteiger partial charge in [0, 0.05) is 16.6 Å². The quantitative estimate of drug-likeness (QED) is 0.531. The summed E-state index contributed by atoms with van der Waals surface area (Å²) < 4.78 is 2.32. The monoisotopic (exact) mass is 314 g/mol. The van der Waals surface area contributed by atoms with Gasteiger partial charge in [0.2, 0.25) is 0 Å². The number of aromatic nitrogens is 4. The van der Waals surface area contributed by atoms with Crippen LogP contribution in [0.4, 0.5) is 0 Å². The van der Waals surface area contributed by atoms with Crippen molar-refractivity contribution in [1.29, 1.82) is 0 Å². The average molecular weight is 314 g/mol. The Kier molecular flexibility index (Phi) is 2.92. The number of hydrogen-bond donors (Lipinski definition) is 0. The zero-order chi connectivity index (χ0) is 16.1. The number of fused-ring (bicyclic) bond motifs is 4. The molecule has 4 aromatic rings. The van der Waals surface area contributed by atoms with Crippen LogP contribution in [0.1, 0.15) is 24.6 Å². The summed E-state index contributed by atoms with van der Waals surface area (Å²) in [6, 6.07) is 10.5. The minimum atomic E-state index is 0.709. The third-order valence-corrected chi connectivity index (χ3v) is 5.10. The first-order valence-corrected chi connectivity index (χ1v) is 8.48. The van der Waals surface area contributed by atoms with Crippen molar-refractivity contribution in [2.45, 2.75) is 26.2 Å². The molecule has 3 heterocycles. The van der Waals surface area contributed by atoms with Crippen LogP contribution in [-0.4, -0.2) is 19.5 Å². The van der Waals surface area contributed by atoms with Crippen LogP contribution in [0.15, 0.2) is 49.1 Å². The normalized spacial score (nSPS) is 17.3. The van der Waals surface area contributed by atoms with Gasteiger partial charge in [-0.15, -0.1) is 0 Å². The summed E-state index contributed by atoms with van der Waals surface area (Å²) in [5.41, 5.74) is 7.08. The molecule has 0 amide bonds. The Morgan fingerprint density at radius 1 is 1.12 bits per heavy atom. The molecule has 118 valence electrons. The van der Waals surface area contributed by atoms with E-state index in [1.165, 1.54) is 17.7 Å². The van der Waals surface area contributed by atoms with Crippen molar-refractivity contribution >= 4 is 21.9 Å². The van der Waals surface area contributed by atoms with Gasteiger partial charge in [-0.3, -0.25) is 4.98 Å². The summed E-state index contributed by atoms with van der Waals surface area (Å²) in [4.78, 5) is 13.5. The molecule has 4 nitrogen and oxygen atoms in total. The van der Waals surface area contributed by atoms with Gasteiger partial charge in [-0.2, -0.15) is 0 Å². The topological polar surface area (TPSA) is 43.6 Å². The molecule has 0 bridgehead atoms. The number of benzene rings is 1. The third-order valence-electron chi connectivity index (χ3n) is 5.10. The van der Waals surface area contributed by atoms with E-state index < -0.39 is 0 Å². The zero-order valence-electron chi connectivity index (χ0n) is 13.6. The van der Waals surface area contributed by atoms with Gasteiger partial charge in [-0.1, -0.05) is 25.1 Å². The lowest BCUT2D eigenvalue weighted by Crippen LogP contribution is -2.13. The van der Waals surface area contributed by atoms with E-state index in [2.05, 4.69) is 44.6 Å². The zero-order valence-corrected chi connectivity index (χ0v) is 13.6. The number of para-hydroxylation sites is 1. The van der Waals surface area contributed by atoms with Crippen molar-refractivity contribution in [3.05, 3.63) is 60.3 Å². The maximum absolute atomic E-state index is 4.65. The van der Waals surface area contributed by atoms with Crippen LogP contribution in [0.2, 0.25) is 0 Å². The number of pyridine rings is 1. The fourth-order valence-corrected chi connectivity index (χ4v) is 3.92. The molecule has 0 fully saturated rings. The van der Waals surface area contributed by atoms with Crippen LogP contribution in [0.25, 0.3) is 27.6 Å². The van der Waals surface area contributed by atoms with Crippen LogP contribution in [0, 0.1) is 5.92 Å². The molecule has 24 heavy (non-hydrogen) atoms. The summed E-state index contributed by atoms with van der Waals surface area (Å²) in [5.74, 6) is 0.709. The van der Waals surface area contributed by atoms with Crippen molar-refractivity contribution in [2.24, 2.45) is 5.92 Å². The van der Waals surface area contributed by atoms with Crippen LogP contribution in [0.5, 0.6) is 0 Å². The summed E-state index contributed by atoms with van der Waals surface area (Å²) in [5, 5.41) is 1.16. The van der Waals surface area contributed by atoms with Gasteiger partial charge in [0.1, 0.15) is 6.33 Å². The Balaban J connectivity index is 1.82. The van der Waals surface area contributed by atoms with Crippen LogP contribution in [0.3, 0.4) is 0 Å². The molecule has 4 heteroatoms. The van der Waals surface area contributed by atoms with E-state index in [0.717, 1.165) is 40.5 Å². The fraction of sp³-hybridized carbons (Fsp3) is 0.250. The molecular weight excluding hydrogens is 296 g/mol. The maximum Gasteiger partial charge on any atom is 0.116 e. The van der Waals surface area contributed by atoms with Gasteiger partial charge >= 0.3 is 0 Å². The van der Waals surface area contributed by atoms with E-state index in [1.54, 1.807) is 6.33 Å². The largest absolute Gasteiger partial charge is 0.309 e. The SMILES string of the molecule is CC1CCc2c(c3ncncc3n2-c2cnc3ccccc3c2)C1. The molecule has 5 rings (SSSR count). The second kappa shape index (κ2) is 5.13. The van der Waals surface area contributed by atoms with Crippen LogP contribution < -0.4 is 0 Å². The van der Waals surface area contributed by atoms with E-state index in [4.69, 9.17) is 0 Å². The first-order chi connectivity index (χ1) is 11.8. The molecule has 3 aromatic heterocycles. The van der Waals surface area contributed by atoms with E-state index >= 15 is 0 Å². The standard InChI is InChI=1S/C20H18N4/c1-13-6-7-18-16(8-13)20-19(11-21-12-23-20)24(18)15-9-14-4-2-3-5-17(14)22-10-15/h2-5,9-13H,6-8H2,1H3. The predicted molar refractivity (Wildman–Crippen MR) is 95.4 cm³/mol. The Morgan fingerprint density at radius 2 is 2.04 bits per heavy atom. The van der Waals surface area contributed by atoms with Crippen molar-refractivity contribution < 1.29 is 0 Å². The molecule has 1 atom stereocenters.